The summed E-state index contributed by atoms with van der Waals surface area (Å²) in [5, 5.41) is 0. The maximum absolute atomic E-state index is 10.9. The first-order valence-corrected chi connectivity index (χ1v) is 4.70. The molecule has 4 nitrogen and oxygen atoms in total. The summed E-state index contributed by atoms with van der Waals surface area (Å²) >= 11 is 6.11. The molecular formula is C7H9N3OS2. The van der Waals surface area contributed by atoms with Crippen LogP contribution in [0, 0.1) is 3.95 Å². The summed E-state index contributed by atoms with van der Waals surface area (Å²) in [6.07, 6.45) is 1.66. The van der Waals surface area contributed by atoms with E-state index in [4.69, 9.17) is 23.7 Å². The van der Waals surface area contributed by atoms with Crippen LogP contribution in [0.15, 0.2) is 12.7 Å². The molecule has 0 aliphatic heterocycles. The predicted molar refractivity (Wildman–Crippen MR) is 56.3 cm³/mol. The van der Waals surface area contributed by atoms with Crippen molar-refractivity contribution in [2.75, 3.05) is 5.73 Å². The Hall–Kier alpha value is -1.14. The highest BCUT2D eigenvalue weighted by Gasteiger charge is 2.12. The first kappa shape index (κ1) is 9.94. The van der Waals surface area contributed by atoms with E-state index in [2.05, 4.69) is 6.58 Å². The van der Waals surface area contributed by atoms with Gasteiger partial charge in [-0.3, -0.25) is 4.79 Å². The molecule has 0 aliphatic rings. The fraction of sp³-hybridized carbons (Fsp3) is 0.143. The Balaban J connectivity index is 3.30. The molecule has 0 unspecified atom stereocenters. The van der Waals surface area contributed by atoms with Gasteiger partial charge in [0.25, 0.3) is 5.91 Å². The number of allylic oxidation sites excluding steroid dienone is 1. The molecule has 0 spiro atoms. The third-order valence-electron chi connectivity index (χ3n) is 1.47. The van der Waals surface area contributed by atoms with Gasteiger partial charge >= 0.3 is 0 Å². The standard InChI is InChI=1S/C7H9N3OS2/c1-2-3-10-5(8)4(6(9)11)13-7(10)12/h2H,1,3,8H2,(H2,9,11). The van der Waals surface area contributed by atoms with Gasteiger partial charge in [-0.1, -0.05) is 17.4 Å². The lowest BCUT2D eigenvalue weighted by Gasteiger charge is -2.00. The number of hydrogen-bond acceptors (Lipinski definition) is 4. The predicted octanol–water partition coefficient (Wildman–Crippen LogP) is 1.15. The maximum Gasteiger partial charge on any atom is 0.262 e. The molecule has 0 bridgehead atoms. The topological polar surface area (TPSA) is 74.0 Å². The average Bonchev–Trinajstić information content (AvgIpc) is 2.32. The first-order chi connectivity index (χ1) is 6.07. The van der Waals surface area contributed by atoms with Gasteiger partial charge in [-0.2, -0.15) is 0 Å². The fourth-order valence-electron chi connectivity index (χ4n) is 0.894. The Morgan fingerprint density at radius 3 is 2.77 bits per heavy atom. The quantitative estimate of drug-likeness (QED) is 0.586. The molecule has 6 heteroatoms. The van der Waals surface area contributed by atoms with Gasteiger partial charge in [-0.25, -0.2) is 0 Å². The van der Waals surface area contributed by atoms with Crippen LogP contribution < -0.4 is 11.5 Å². The highest BCUT2D eigenvalue weighted by molar-refractivity contribution is 7.73. The van der Waals surface area contributed by atoms with Gasteiger partial charge in [0.2, 0.25) is 0 Å². The number of thiazole rings is 1. The van der Waals surface area contributed by atoms with Crippen molar-refractivity contribution in [2.24, 2.45) is 5.73 Å². The number of primary amides is 1. The van der Waals surface area contributed by atoms with Crippen molar-refractivity contribution in [1.82, 2.24) is 4.57 Å². The maximum atomic E-state index is 10.9. The zero-order valence-corrected chi connectivity index (χ0v) is 8.45. The fourth-order valence-corrected chi connectivity index (χ4v) is 2.09. The molecule has 0 aromatic carbocycles. The molecule has 1 amide bonds. The molecule has 1 heterocycles. The van der Waals surface area contributed by atoms with Crippen LogP contribution in [0.2, 0.25) is 0 Å². The van der Waals surface area contributed by atoms with Crippen LogP contribution in [0.3, 0.4) is 0 Å². The zero-order chi connectivity index (χ0) is 10.0. The minimum Gasteiger partial charge on any atom is -0.384 e. The number of hydrogen-bond donors (Lipinski definition) is 2. The Kier molecular flexibility index (Phi) is 2.84. The van der Waals surface area contributed by atoms with Crippen molar-refractivity contribution >= 4 is 35.3 Å². The Morgan fingerprint density at radius 1 is 1.77 bits per heavy atom. The molecule has 1 aromatic rings. The van der Waals surface area contributed by atoms with Gasteiger partial charge in [-0.15, -0.1) is 6.58 Å². The van der Waals surface area contributed by atoms with Crippen LogP contribution in [0.1, 0.15) is 9.67 Å². The molecule has 13 heavy (non-hydrogen) atoms. The number of rotatable bonds is 3. The molecule has 0 saturated heterocycles. The highest BCUT2D eigenvalue weighted by atomic mass is 32.1. The van der Waals surface area contributed by atoms with Crippen LogP contribution in [0.4, 0.5) is 5.82 Å². The minimum absolute atomic E-state index is 0.312. The number of nitrogen functional groups attached to an aromatic ring is 1. The van der Waals surface area contributed by atoms with E-state index in [-0.39, 0.29) is 0 Å². The van der Waals surface area contributed by atoms with Crippen molar-refractivity contribution in [2.45, 2.75) is 6.54 Å². The van der Waals surface area contributed by atoms with Crippen molar-refractivity contribution in [3.63, 3.8) is 0 Å². The third kappa shape index (κ3) is 1.78. The molecule has 0 atom stereocenters. The van der Waals surface area contributed by atoms with E-state index < -0.39 is 5.91 Å². The van der Waals surface area contributed by atoms with Gasteiger partial charge in [-0.05, 0) is 12.2 Å². The molecule has 0 saturated carbocycles. The summed E-state index contributed by atoms with van der Waals surface area (Å²) in [4.78, 5) is 11.2. The van der Waals surface area contributed by atoms with E-state index >= 15 is 0 Å². The van der Waals surface area contributed by atoms with E-state index in [0.29, 0.717) is 21.2 Å². The van der Waals surface area contributed by atoms with E-state index in [0.717, 1.165) is 11.3 Å². The summed E-state index contributed by atoms with van der Waals surface area (Å²) in [5.74, 6) is -0.223. The number of anilines is 1. The van der Waals surface area contributed by atoms with Crippen LogP contribution in [0.5, 0.6) is 0 Å². The van der Waals surface area contributed by atoms with E-state index in [1.165, 1.54) is 0 Å². The summed E-state index contributed by atoms with van der Waals surface area (Å²) in [5.41, 5.74) is 10.7. The summed E-state index contributed by atoms with van der Waals surface area (Å²) in [6, 6.07) is 0. The van der Waals surface area contributed by atoms with Crippen LogP contribution >= 0.6 is 23.6 Å². The number of nitrogens with two attached hydrogens (primary N) is 2. The van der Waals surface area contributed by atoms with Gasteiger partial charge in [0, 0.05) is 6.54 Å². The minimum atomic E-state index is -0.545. The molecule has 0 radical (unpaired) electrons. The Bertz CT molecular complexity index is 404. The van der Waals surface area contributed by atoms with Crippen LogP contribution in [-0.2, 0) is 6.54 Å². The van der Waals surface area contributed by atoms with Crippen molar-refractivity contribution < 1.29 is 4.79 Å². The van der Waals surface area contributed by atoms with Gasteiger partial charge in [0.15, 0.2) is 3.95 Å². The Morgan fingerprint density at radius 2 is 2.38 bits per heavy atom. The second-order valence-electron chi connectivity index (χ2n) is 2.35. The van der Waals surface area contributed by atoms with Crippen molar-refractivity contribution in [3.8, 4) is 0 Å². The van der Waals surface area contributed by atoms with Crippen LogP contribution in [0.25, 0.3) is 0 Å². The molecule has 70 valence electrons. The van der Waals surface area contributed by atoms with E-state index in [1.54, 1.807) is 10.6 Å². The highest BCUT2D eigenvalue weighted by Crippen LogP contribution is 2.21. The summed E-state index contributed by atoms with van der Waals surface area (Å²) < 4.78 is 2.15. The smallest absolute Gasteiger partial charge is 0.262 e. The van der Waals surface area contributed by atoms with E-state index in [9.17, 15) is 4.79 Å². The van der Waals surface area contributed by atoms with Crippen molar-refractivity contribution in [1.29, 1.82) is 0 Å². The van der Waals surface area contributed by atoms with E-state index in [1.807, 2.05) is 0 Å². The second-order valence-corrected chi connectivity index (χ2v) is 3.99. The SMILES string of the molecule is C=CCn1c(N)c(C(N)=O)sc1=S. The molecule has 1 rings (SSSR count). The summed E-state index contributed by atoms with van der Waals surface area (Å²) in [6.45, 7) is 4.05. The van der Waals surface area contributed by atoms with Crippen molar-refractivity contribution in [3.05, 3.63) is 21.5 Å². The normalized spacial score (nSPS) is 9.85. The largest absolute Gasteiger partial charge is 0.384 e. The Labute approximate surface area is 84.5 Å². The van der Waals surface area contributed by atoms with Gasteiger partial charge in [0.1, 0.15) is 10.7 Å². The summed E-state index contributed by atoms with van der Waals surface area (Å²) in [7, 11) is 0. The molecule has 4 N–H and O–H groups in total. The number of nitrogens with zero attached hydrogens (tertiary/aromatic N) is 1. The lowest BCUT2D eigenvalue weighted by molar-refractivity contribution is 0.100. The molecule has 0 fully saturated rings. The molecular weight excluding hydrogens is 206 g/mol. The molecule has 1 aromatic heterocycles. The lowest BCUT2D eigenvalue weighted by atomic mass is 10.4. The number of amides is 1. The number of carbonyl (C=O) groups is 1. The monoisotopic (exact) mass is 215 g/mol. The average molecular weight is 215 g/mol. The lowest BCUT2D eigenvalue weighted by Crippen LogP contribution is -2.13. The third-order valence-corrected chi connectivity index (χ3v) is 2.95. The second kappa shape index (κ2) is 3.71. The number of aromatic nitrogens is 1. The van der Waals surface area contributed by atoms with Gasteiger partial charge < -0.3 is 16.0 Å². The zero-order valence-electron chi connectivity index (χ0n) is 6.82. The van der Waals surface area contributed by atoms with Crippen LogP contribution in [-0.4, -0.2) is 10.5 Å². The van der Waals surface area contributed by atoms with Gasteiger partial charge in [0.05, 0.1) is 0 Å². The molecule has 0 aliphatic carbocycles. The number of carbonyl (C=O) groups excluding carboxylic acids is 1. The first-order valence-electron chi connectivity index (χ1n) is 3.47.